The lowest BCUT2D eigenvalue weighted by molar-refractivity contribution is 0.194. The van der Waals surface area contributed by atoms with Gasteiger partial charge in [0.05, 0.1) is 7.11 Å². The van der Waals surface area contributed by atoms with Gasteiger partial charge < -0.3 is 5.21 Å². The van der Waals surface area contributed by atoms with Gasteiger partial charge in [-0.15, -0.1) is 0 Å². The lowest BCUT2D eigenvalue weighted by Gasteiger charge is -1.82. The molecule has 3 N–H and O–H groups in total. The van der Waals surface area contributed by atoms with Crippen LogP contribution in [-0.4, -0.2) is 32.3 Å². The standard InChI is InChI=1S/C2H6.CH5NO.CH4O4S/c1-2;1-2-3;1-5-6(2,3)4/h1-2H3;2-3H,1H3;1H3,(H,2,3,4). The fourth-order valence-corrected chi connectivity index (χ4v) is 0. The van der Waals surface area contributed by atoms with Crippen LogP contribution in [-0.2, 0) is 14.6 Å². The Morgan fingerprint density at radius 3 is 1.45 bits per heavy atom. The smallest absolute Gasteiger partial charge is 0.317 e. The van der Waals surface area contributed by atoms with Crippen molar-refractivity contribution in [1.29, 1.82) is 0 Å². The second-order valence-electron chi connectivity index (χ2n) is 0.818. The Morgan fingerprint density at radius 2 is 1.45 bits per heavy atom. The number of hydrogen-bond acceptors (Lipinski definition) is 5. The van der Waals surface area contributed by atoms with Crippen LogP contribution in [0.15, 0.2) is 0 Å². The van der Waals surface area contributed by atoms with Gasteiger partial charge in [0.25, 0.3) is 0 Å². The van der Waals surface area contributed by atoms with E-state index in [9.17, 15) is 8.42 Å². The fraction of sp³-hybridized carbons (Fsp3) is 1.00. The minimum absolute atomic E-state index is 0.870. The van der Waals surface area contributed by atoms with Crippen LogP contribution >= 0.6 is 0 Å². The maximum Gasteiger partial charge on any atom is 0.397 e. The first-order valence-corrected chi connectivity index (χ1v) is 4.18. The lowest BCUT2D eigenvalue weighted by atomic mass is 11.0. The molecule has 72 valence electrons. The normalized spacial score (nSPS) is 8.55. The lowest BCUT2D eigenvalue weighted by Crippen LogP contribution is -1.96. The predicted molar refractivity (Wildman–Crippen MR) is 40.8 cm³/mol. The summed E-state index contributed by atoms with van der Waals surface area (Å²) in [4.78, 5) is 0. The van der Waals surface area contributed by atoms with E-state index in [0.717, 1.165) is 7.11 Å². The molecule has 0 fully saturated rings. The van der Waals surface area contributed by atoms with Crippen LogP contribution in [0.25, 0.3) is 0 Å². The van der Waals surface area contributed by atoms with Crippen molar-refractivity contribution in [2.75, 3.05) is 14.2 Å². The van der Waals surface area contributed by atoms with Crippen molar-refractivity contribution >= 4 is 10.4 Å². The van der Waals surface area contributed by atoms with E-state index in [1.165, 1.54) is 7.05 Å². The van der Waals surface area contributed by atoms with E-state index in [0.29, 0.717) is 0 Å². The van der Waals surface area contributed by atoms with E-state index in [4.69, 9.17) is 9.76 Å². The summed E-state index contributed by atoms with van der Waals surface area (Å²) in [7, 11) is -1.86. The summed E-state index contributed by atoms with van der Waals surface area (Å²) in [5, 5.41) is 7.32. The van der Waals surface area contributed by atoms with Crippen molar-refractivity contribution in [3.8, 4) is 0 Å². The van der Waals surface area contributed by atoms with Gasteiger partial charge in [0.1, 0.15) is 0 Å². The first-order chi connectivity index (χ1) is 4.97. The second kappa shape index (κ2) is 12.5. The second-order valence-corrected chi connectivity index (χ2v) is 2.01. The molecule has 0 atom stereocenters. The van der Waals surface area contributed by atoms with E-state index < -0.39 is 10.4 Å². The summed E-state index contributed by atoms with van der Waals surface area (Å²) >= 11 is 0. The van der Waals surface area contributed by atoms with Gasteiger partial charge in [0.15, 0.2) is 0 Å². The third kappa shape index (κ3) is 76.3. The Labute approximate surface area is 67.1 Å². The monoisotopic (exact) mass is 189 g/mol. The quantitative estimate of drug-likeness (QED) is 0.398. The first kappa shape index (κ1) is 17.0. The van der Waals surface area contributed by atoms with Gasteiger partial charge in [-0.05, 0) is 0 Å². The number of hydrogen-bond donors (Lipinski definition) is 3. The van der Waals surface area contributed by atoms with Crippen LogP contribution < -0.4 is 5.48 Å². The maximum absolute atomic E-state index is 9.33. The average Bonchev–Trinajstić information content (AvgIpc) is 1.93. The van der Waals surface area contributed by atoms with E-state index in [2.05, 4.69) is 4.18 Å². The van der Waals surface area contributed by atoms with Crippen molar-refractivity contribution in [2.45, 2.75) is 13.8 Å². The summed E-state index contributed by atoms with van der Waals surface area (Å²) in [5.74, 6) is 0. The molecule has 0 saturated heterocycles. The highest BCUT2D eigenvalue weighted by atomic mass is 32.3. The molecule has 0 amide bonds. The predicted octanol–water partition coefficient (Wildman–Crippen LogP) is 0.0568. The van der Waals surface area contributed by atoms with Crippen LogP contribution in [0.1, 0.15) is 13.8 Å². The van der Waals surface area contributed by atoms with Crippen LogP contribution in [0, 0.1) is 0 Å². The Balaban J connectivity index is -0.000000109. The molecule has 0 saturated carbocycles. The van der Waals surface area contributed by atoms with Gasteiger partial charge in [-0.1, -0.05) is 13.8 Å². The zero-order valence-electron chi connectivity index (χ0n) is 7.03. The van der Waals surface area contributed by atoms with E-state index in [-0.39, 0.29) is 0 Å². The zero-order valence-corrected chi connectivity index (χ0v) is 7.84. The molecular formula is C4H15NO5S. The number of rotatable bonds is 1. The minimum Gasteiger partial charge on any atom is -0.317 e. The first-order valence-electron chi connectivity index (χ1n) is 2.81. The van der Waals surface area contributed by atoms with Gasteiger partial charge in [0.2, 0.25) is 0 Å². The van der Waals surface area contributed by atoms with Crippen molar-refractivity contribution in [1.82, 2.24) is 5.48 Å². The maximum atomic E-state index is 9.33. The Morgan fingerprint density at radius 1 is 1.36 bits per heavy atom. The van der Waals surface area contributed by atoms with E-state index in [1.807, 2.05) is 13.8 Å². The van der Waals surface area contributed by atoms with E-state index in [1.54, 1.807) is 5.48 Å². The van der Waals surface area contributed by atoms with Crippen molar-refractivity contribution in [2.24, 2.45) is 0 Å². The summed E-state index contributed by atoms with van der Waals surface area (Å²) in [5.41, 5.74) is 1.75. The molecular weight excluding hydrogens is 174 g/mol. The third-order valence-electron chi connectivity index (χ3n) is 0.211. The Hall–Kier alpha value is -0.210. The molecule has 0 rings (SSSR count). The van der Waals surface area contributed by atoms with Crippen LogP contribution in [0.4, 0.5) is 0 Å². The molecule has 0 aromatic heterocycles. The molecule has 0 bridgehead atoms. The molecule has 0 aliphatic rings. The van der Waals surface area contributed by atoms with Crippen LogP contribution in [0.3, 0.4) is 0 Å². The SMILES string of the molecule is CC.CNO.COS(=O)(=O)O. The highest BCUT2D eigenvalue weighted by Gasteiger charge is 1.93. The molecule has 0 aromatic rings. The van der Waals surface area contributed by atoms with Crippen molar-refractivity contribution in [3.05, 3.63) is 0 Å². The van der Waals surface area contributed by atoms with Crippen molar-refractivity contribution < 1.29 is 22.4 Å². The van der Waals surface area contributed by atoms with Gasteiger partial charge in [0, 0.05) is 7.05 Å². The van der Waals surface area contributed by atoms with Crippen molar-refractivity contribution in [3.63, 3.8) is 0 Å². The van der Waals surface area contributed by atoms with Crippen LogP contribution in [0.5, 0.6) is 0 Å². The molecule has 0 spiro atoms. The van der Waals surface area contributed by atoms with Gasteiger partial charge in [-0.25, -0.2) is 5.48 Å². The molecule has 0 aromatic carbocycles. The summed E-state index contributed by atoms with van der Waals surface area (Å²) in [6.07, 6.45) is 0. The average molecular weight is 189 g/mol. The molecule has 0 aliphatic heterocycles. The molecule has 0 heterocycles. The summed E-state index contributed by atoms with van der Waals surface area (Å²) in [6.45, 7) is 4.00. The van der Waals surface area contributed by atoms with Gasteiger partial charge in [-0.3, -0.25) is 8.74 Å². The molecule has 11 heavy (non-hydrogen) atoms. The summed E-state index contributed by atoms with van der Waals surface area (Å²) in [6, 6.07) is 0. The minimum atomic E-state index is -4.16. The van der Waals surface area contributed by atoms with E-state index >= 15 is 0 Å². The molecule has 6 nitrogen and oxygen atoms in total. The topological polar surface area (TPSA) is 95.9 Å². The highest BCUT2D eigenvalue weighted by Crippen LogP contribution is 1.74. The zero-order chi connectivity index (χ0) is 9.91. The Kier molecular flexibility index (Phi) is 19.3. The summed E-state index contributed by atoms with van der Waals surface area (Å²) < 4.78 is 29.7. The molecule has 0 aliphatic carbocycles. The number of nitrogens with one attached hydrogen (secondary N) is 1. The van der Waals surface area contributed by atoms with Crippen LogP contribution in [0.2, 0.25) is 0 Å². The number of hydroxylamine groups is 1. The largest absolute Gasteiger partial charge is 0.397 e. The van der Waals surface area contributed by atoms with Gasteiger partial charge in [-0.2, -0.15) is 8.42 Å². The molecule has 0 unspecified atom stereocenters. The third-order valence-corrected chi connectivity index (χ3v) is 0.632. The Bertz CT molecular complexity index is 131. The highest BCUT2D eigenvalue weighted by molar-refractivity contribution is 7.80. The molecule has 7 heteroatoms. The molecule has 0 radical (unpaired) electrons. The van der Waals surface area contributed by atoms with Gasteiger partial charge >= 0.3 is 10.4 Å². The fourth-order valence-electron chi connectivity index (χ4n) is 0.